The second-order valence-corrected chi connectivity index (χ2v) is 12.9. The summed E-state index contributed by atoms with van der Waals surface area (Å²) in [5, 5.41) is 8.43. The molecule has 2 heteroatoms. The maximum absolute atomic E-state index is 6.64. The highest BCUT2D eigenvalue weighted by Gasteiger charge is 2.46. The number of furan rings is 1. The van der Waals surface area contributed by atoms with Gasteiger partial charge >= 0.3 is 0 Å². The molecule has 0 saturated carbocycles. The summed E-state index contributed by atoms with van der Waals surface area (Å²) in [5.41, 5.74) is 13.4. The van der Waals surface area contributed by atoms with E-state index in [0.29, 0.717) is 0 Å². The van der Waals surface area contributed by atoms with Crippen LogP contribution in [-0.2, 0) is 5.41 Å². The Morgan fingerprint density at radius 3 is 1.82 bits per heavy atom. The molecule has 0 unspecified atom stereocenters. The van der Waals surface area contributed by atoms with Crippen molar-refractivity contribution in [2.24, 2.45) is 0 Å². The third kappa shape index (κ3) is 4.07. The van der Waals surface area contributed by atoms with Gasteiger partial charge in [-0.1, -0.05) is 158 Å². The van der Waals surface area contributed by atoms with Gasteiger partial charge in [0, 0.05) is 38.7 Å². The molecule has 1 aliphatic rings. The fourth-order valence-electron chi connectivity index (χ4n) is 8.24. The first-order chi connectivity index (χ1) is 24.3. The number of fused-ring (bicyclic) bond motifs is 8. The minimum atomic E-state index is -0.424. The largest absolute Gasteiger partial charge is 0.455 e. The topological polar surface area (TPSA) is 25.2 Å². The first-order valence-electron chi connectivity index (χ1n) is 16.9. The van der Waals surface area contributed by atoms with E-state index in [0.717, 1.165) is 49.8 Å². The van der Waals surface area contributed by atoms with Gasteiger partial charge in [-0.3, -0.25) is 0 Å². The number of nitrogens with one attached hydrogen (secondary N) is 1. The molecule has 9 aromatic rings. The molecule has 0 spiro atoms. The van der Waals surface area contributed by atoms with Gasteiger partial charge in [0.05, 0.1) is 5.41 Å². The summed E-state index contributed by atoms with van der Waals surface area (Å²) in [6, 6.07) is 65.4. The van der Waals surface area contributed by atoms with Crippen molar-refractivity contribution >= 4 is 44.1 Å². The van der Waals surface area contributed by atoms with Crippen molar-refractivity contribution < 1.29 is 4.42 Å². The Labute approximate surface area is 284 Å². The lowest BCUT2D eigenvalue weighted by Crippen LogP contribution is -2.28. The van der Waals surface area contributed by atoms with E-state index >= 15 is 0 Å². The molecule has 230 valence electrons. The third-order valence-corrected chi connectivity index (χ3v) is 10.3. The van der Waals surface area contributed by atoms with Gasteiger partial charge in [0.2, 0.25) is 0 Å². The van der Waals surface area contributed by atoms with E-state index in [1.165, 1.54) is 38.8 Å². The molecular formula is C47H31NO. The van der Waals surface area contributed by atoms with Crippen LogP contribution in [0, 0.1) is 0 Å². The van der Waals surface area contributed by atoms with E-state index in [1.54, 1.807) is 0 Å². The number of rotatable bonds is 5. The van der Waals surface area contributed by atoms with E-state index in [4.69, 9.17) is 4.42 Å². The number of anilines is 2. The molecule has 0 bridgehead atoms. The van der Waals surface area contributed by atoms with Crippen LogP contribution in [0.2, 0.25) is 0 Å². The predicted molar refractivity (Wildman–Crippen MR) is 204 cm³/mol. The number of hydrogen-bond donors (Lipinski definition) is 1. The lowest BCUT2D eigenvalue weighted by molar-refractivity contribution is 0.674. The smallest absolute Gasteiger partial charge is 0.143 e. The molecule has 1 N–H and O–H groups in total. The van der Waals surface area contributed by atoms with Crippen molar-refractivity contribution in [1.29, 1.82) is 0 Å². The maximum Gasteiger partial charge on any atom is 0.143 e. The van der Waals surface area contributed by atoms with Gasteiger partial charge in [0.25, 0.3) is 0 Å². The van der Waals surface area contributed by atoms with E-state index in [9.17, 15) is 0 Å². The van der Waals surface area contributed by atoms with Gasteiger partial charge in [0.1, 0.15) is 11.2 Å². The average Bonchev–Trinajstić information content (AvgIpc) is 3.71. The zero-order chi connectivity index (χ0) is 32.4. The molecule has 49 heavy (non-hydrogen) atoms. The van der Waals surface area contributed by atoms with E-state index < -0.39 is 5.41 Å². The third-order valence-electron chi connectivity index (χ3n) is 10.3. The summed E-state index contributed by atoms with van der Waals surface area (Å²) in [4.78, 5) is 0. The maximum atomic E-state index is 6.64. The molecule has 0 atom stereocenters. The molecular weight excluding hydrogens is 595 g/mol. The van der Waals surface area contributed by atoms with Crippen molar-refractivity contribution in [2.75, 3.05) is 5.32 Å². The van der Waals surface area contributed by atoms with E-state index in [-0.39, 0.29) is 0 Å². The molecule has 2 nitrogen and oxygen atoms in total. The first kappa shape index (κ1) is 27.7. The summed E-state index contributed by atoms with van der Waals surface area (Å²) < 4.78 is 6.64. The lowest BCUT2D eigenvalue weighted by Gasteiger charge is -2.33. The van der Waals surface area contributed by atoms with Gasteiger partial charge in [-0.2, -0.15) is 0 Å². The summed E-state index contributed by atoms with van der Waals surface area (Å²) in [7, 11) is 0. The van der Waals surface area contributed by atoms with Crippen LogP contribution in [0.1, 0.15) is 22.3 Å². The van der Waals surface area contributed by atoms with Crippen LogP contribution in [0.3, 0.4) is 0 Å². The molecule has 0 saturated heterocycles. The van der Waals surface area contributed by atoms with Crippen molar-refractivity contribution in [2.45, 2.75) is 5.41 Å². The van der Waals surface area contributed by atoms with E-state index in [2.05, 4.69) is 187 Å². The molecule has 0 aliphatic heterocycles. The average molecular weight is 626 g/mol. The fourth-order valence-corrected chi connectivity index (χ4v) is 8.24. The highest BCUT2D eigenvalue weighted by molar-refractivity contribution is 6.17. The van der Waals surface area contributed by atoms with Crippen molar-refractivity contribution in [1.82, 2.24) is 0 Å². The number of benzene rings is 8. The molecule has 0 amide bonds. The predicted octanol–water partition coefficient (Wildman–Crippen LogP) is 12.5. The Morgan fingerprint density at radius 1 is 0.408 bits per heavy atom. The molecule has 0 radical (unpaired) electrons. The van der Waals surface area contributed by atoms with Gasteiger partial charge in [0.15, 0.2) is 0 Å². The zero-order valence-corrected chi connectivity index (χ0v) is 26.7. The Hall–Kier alpha value is -6.38. The summed E-state index contributed by atoms with van der Waals surface area (Å²) in [6.07, 6.45) is 0. The quantitative estimate of drug-likeness (QED) is 0.206. The first-order valence-corrected chi connectivity index (χ1v) is 16.9. The molecule has 1 aromatic heterocycles. The highest BCUT2D eigenvalue weighted by atomic mass is 16.3. The van der Waals surface area contributed by atoms with Crippen LogP contribution in [0.25, 0.3) is 55.0 Å². The van der Waals surface area contributed by atoms with Crippen LogP contribution in [0.5, 0.6) is 0 Å². The monoisotopic (exact) mass is 625 g/mol. The standard InChI is InChI=1S/C47H31NO/c1-3-14-33(15-4-1)47(34-16-5-2-6-17-34)41-22-10-9-19-40(41)44-42(47)23-12-24-43(44)48-35-28-25-32(26-29-35)37-20-11-21-38-39-30-27-31-13-7-8-18-36(31)46(39)49-45(37)38/h1-30,48H. The molecule has 1 heterocycles. The normalized spacial score (nSPS) is 13.1. The Morgan fingerprint density at radius 2 is 1.02 bits per heavy atom. The van der Waals surface area contributed by atoms with Gasteiger partial charge in [-0.25, -0.2) is 0 Å². The SMILES string of the molecule is c1ccc(C2(c3ccccc3)c3ccccc3-c3c(Nc4ccc(-c5cccc6c5oc5c7ccccc7ccc65)cc4)cccc32)cc1. The van der Waals surface area contributed by atoms with Gasteiger partial charge < -0.3 is 9.73 Å². The molecule has 10 rings (SSSR count). The van der Waals surface area contributed by atoms with Crippen molar-refractivity contribution in [3.8, 4) is 22.3 Å². The second-order valence-electron chi connectivity index (χ2n) is 12.9. The molecule has 0 fully saturated rings. The fraction of sp³-hybridized carbons (Fsp3) is 0.0213. The van der Waals surface area contributed by atoms with Crippen LogP contribution < -0.4 is 5.32 Å². The zero-order valence-electron chi connectivity index (χ0n) is 26.7. The van der Waals surface area contributed by atoms with Crippen LogP contribution in [0.15, 0.2) is 186 Å². The Balaban J connectivity index is 1.08. The summed E-state index contributed by atoms with van der Waals surface area (Å²) in [5.74, 6) is 0. The minimum absolute atomic E-state index is 0.424. The summed E-state index contributed by atoms with van der Waals surface area (Å²) >= 11 is 0. The highest BCUT2D eigenvalue weighted by Crippen LogP contribution is 2.58. The second kappa shape index (κ2) is 10.8. The number of para-hydroxylation sites is 1. The van der Waals surface area contributed by atoms with Crippen molar-refractivity contribution in [3.63, 3.8) is 0 Å². The van der Waals surface area contributed by atoms with Gasteiger partial charge in [-0.05, 0) is 63.0 Å². The Bertz CT molecular complexity index is 2630. The minimum Gasteiger partial charge on any atom is -0.455 e. The van der Waals surface area contributed by atoms with E-state index in [1.807, 2.05) is 0 Å². The molecule has 1 aliphatic carbocycles. The molecule has 8 aromatic carbocycles. The van der Waals surface area contributed by atoms with Gasteiger partial charge in [-0.15, -0.1) is 0 Å². The summed E-state index contributed by atoms with van der Waals surface area (Å²) in [6.45, 7) is 0. The Kier molecular flexibility index (Phi) is 6.13. The van der Waals surface area contributed by atoms with Crippen LogP contribution in [-0.4, -0.2) is 0 Å². The van der Waals surface area contributed by atoms with Crippen molar-refractivity contribution in [3.05, 3.63) is 204 Å². The van der Waals surface area contributed by atoms with Crippen LogP contribution in [0.4, 0.5) is 11.4 Å². The lowest BCUT2D eigenvalue weighted by atomic mass is 9.68. The van der Waals surface area contributed by atoms with Crippen LogP contribution >= 0.6 is 0 Å². The number of hydrogen-bond acceptors (Lipinski definition) is 2.